The minimum atomic E-state index is 0.115. The molecule has 0 saturated heterocycles. The van der Waals surface area contributed by atoms with E-state index in [-0.39, 0.29) is 5.84 Å². The first-order valence-corrected chi connectivity index (χ1v) is 6.31. The maximum atomic E-state index is 8.58. The van der Waals surface area contributed by atoms with Crippen molar-refractivity contribution in [2.75, 3.05) is 11.9 Å². The molecule has 0 aliphatic carbocycles. The van der Waals surface area contributed by atoms with E-state index in [2.05, 4.69) is 15.0 Å². The molecular weight excluding hydrogens is 248 g/mol. The number of benzene rings is 1. The fourth-order valence-corrected chi connectivity index (χ4v) is 2.14. The second kappa shape index (κ2) is 5.50. The van der Waals surface area contributed by atoms with Gasteiger partial charge in [0.1, 0.15) is 0 Å². The van der Waals surface area contributed by atoms with Crippen LogP contribution in [0.5, 0.6) is 0 Å². The molecular formula is C12H14N4OS. The maximum Gasteiger partial charge on any atom is 0.170 e. The monoisotopic (exact) mass is 262 g/mol. The van der Waals surface area contributed by atoms with Crippen molar-refractivity contribution in [1.29, 1.82) is 0 Å². The van der Waals surface area contributed by atoms with Gasteiger partial charge in [-0.3, -0.25) is 0 Å². The van der Waals surface area contributed by atoms with Crippen LogP contribution in [0.3, 0.4) is 0 Å². The third-order valence-corrected chi connectivity index (χ3v) is 3.23. The van der Waals surface area contributed by atoms with Gasteiger partial charge in [0, 0.05) is 23.7 Å². The Morgan fingerprint density at radius 2 is 2.17 bits per heavy atom. The Balaban J connectivity index is 2.09. The average Bonchev–Trinajstić information content (AvgIpc) is 2.91. The van der Waals surface area contributed by atoms with Crippen LogP contribution in [-0.2, 0) is 6.54 Å². The highest BCUT2D eigenvalue weighted by atomic mass is 32.1. The molecule has 0 spiro atoms. The van der Waals surface area contributed by atoms with Crippen LogP contribution in [0.15, 0.2) is 40.3 Å². The van der Waals surface area contributed by atoms with Crippen LogP contribution < -0.4 is 10.6 Å². The van der Waals surface area contributed by atoms with Crippen LogP contribution in [0.2, 0.25) is 0 Å². The topological polar surface area (TPSA) is 74.7 Å². The molecule has 0 saturated carbocycles. The number of nitrogens with zero attached hydrogens (tertiary/aromatic N) is 3. The van der Waals surface area contributed by atoms with Crippen LogP contribution in [0.25, 0.3) is 0 Å². The van der Waals surface area contributed by atoms with Crippen LogP contribution in [0.1, 0.15) is 11.3 Å². The predicted octanol–water partition coefficient (Wildman–Crippen LogP) is 1.87. The van der Waals surface area contributed by atoms with Crippen molar-refractivity contribution in [3.05, 3.63) is 46.4 Å². The van der Waals surface area contributed by atoms with Gasteiger partial charge in [-0.1, -0.05) is 5.16 Å². The smallest absolute Gasteiger partial charge is 0.170 e. The standard InChI is InChI=1S/C12H14N4OS/c1-16(6-10-7-18-8-14-10)11-4-2-9(3-5-11)12(13)15-17/h2-5,7-8,17H,6H2,1H3,(H2,13,15). The first kappa shape index (κ1) is 12.4. The number of nitrogens with two attached hydrogens (primary N) is 1. The molecule has 94 valence electrons. The zero-order chi connectivity index (χ0) is 13.0. The lowest BCUT2D eigenvalue weighted by Crippen LogP contribution is -2.17. The highest BCUT2D eigenvalue weighted by molar-refractivity contribution is 7.07. The van der Waals surface area contributed by atoms with E-state index in [4.69, 9.17) is 10.9 Å². The average molecular weight is 262 g/mol. The fourth-order valence-electron chi connectivity index (χ4n) is 1.59. The molecule has 0 atom stereocenters. The molecule has 1 aromatic heterocycles. The van der Waals surface area contributed by atoms with Gasteiger partial charge in [0.25, 0.3) is 0 Å². The van der Waals surface area contributed by atoms with E-state index in [1.54, 1.807) is 11.3 Å². The summed E-state index contributed by atoms with van der Waals surface area (Å²) in [6, 6.07) is 7.50. The molecule has 5 nitrogen and oxygen atoms in total. The van der Waals surface area contributed by atoms with Gasteiger partial charge in [-0.05, 0) is 24.3 Å². The molecule has 0 bridgehead atoms. The molecule has 2 aromatic rings. The van der Waals surface area contributed by atoms with Crippen LogP contribution >= 0.6 is 11.3 Å². The van der Waals surface area contributed by atoms with Crippen molar-refractivity contribution in [3.63, 3.8) is 0 Å². The van der Waals surface area contributed by atoms with Crippen LogP contribution in [0.4, 0.5) is 5.69 Å². The third kappa shape index (κ3) is 2.78. The molecule has 0 aliphatic heterocycles. The maximum absolute atomic E-state index is 8.58. The SMILES string of the molecule is CN(Cc1cscn1)c1ccc(/C(N)=N/O)cc1. The zero-order valence-electron chi connectivity index (χ0n) is 9.95. The Hall–Kier alpha value is -2.08. The Morgan fingerprint density at radius 1 is 1.44 bits per heavy atom. The van der Waals surface area contributed by atoms with Crippen molar-refractivity contribution in [2.24, 2.45) is 10.9 Å². The van der Waals surface area contributed by atoms with Crippen molar-refractivity contribution in [2.45, 2.75) is 6.54 Å². The van der Waals surface area contributed by atoms with Gasteiger partial charge in [-0.2, -0.15) is 0 Å². The number of anilines is 1. The van der Waals surface area contributed by atoms with E-state index in [1.807, 2.05) is 42.2 Å². The summed E-state index contributed by atoms with van der Waals surface area (Å²) < 4.78 is 0. The summed E-state index contributed by atoms with van der Waals surface area (Å²) in [4.78, 5) is 6.33. The molecule has 0 aliphatic rings. The Morgan fingerprint density at radius 3 is 2.72 bits per heavy atom. The van der Waals surface area contributed by atoms with E-state index in [1.165, 1.54) is 0 Å². The fraction of sp³-hybridized carbons (Fsp3) is 0.167. The Labute approximate surface area is 109 Å². The molecule has 6 heteroatoms. The third-order valence-electron chi connectivity index (χ3n) is 2.59. The molecule has 1 aromatic carbocycles. The summed E-state index contributed by atoms with van der Waals surface area (Å²) in [5.41, 5.74) is 10.1. The largest absolute Gasteiger partial charge is 0.409 e. The second-order valence-corrected chi connectivity index (χ2v) is 4.59. The lowest BCUT2D eigenvalue weighted by molar-refractivity contribution is 0.318. The molecule has 0 amide bonds. The minimum Gasteiger partial charge on any atom is -0.409 e. The number of hydrogen-bond acceptors (Lipinski definition) is 5. The summed E-state index contributed by atoms with van der Waals surface area (Å²) in [6.07, 6.45) is 0. The molecule has 0 radical (unpaired) electrons. The summed E-state index contributed by atoms with van der Waals surface area (Å²) in [5.74, 6) is 0.115. The number of oxime groups is 1. The summed E-state index contributed by atoms with van der Waals surface area (Å²) in [5, 5.41) is 13.6. The highest BCUT2D eigenvalue weighted by Gasteiger charge is 2.05. The van der Waals surface area contributed by atoms with Gasteiger partial charge in [0.2, 0.25) is 0 Å². The van der Waals surface area contributed by atoms with Gasteiger partial charge in [0.05, 0.1) is 17.7 Å². The number of thiazole rings is 1. The van der Waals surface area contributed by atoms with Crippen LogP contribution in [-0.4, -0.2) is 23.1 Å². The first-order chi connectivity index (χ1) is 8.70. The number of aromatic nitrogens is 1. The quantitative estimate of drug-likeness (QED) is 0.382. The predicted molar refractivity (Wildman–Crippen MR) is 73.2 cm³/mol. The lowest BCUT2D eigenvalue weighted by atomic mass is 10.2. The first-order valence-electron chi connectivity index (χ1n) is 5.37. The summed E-state index contributed by atoms with van der Waals surface area (Å²) in [6.45, 7) is 0.756. The van der Waals surface area contributed by atoms with Gasteiger partial charge < -0.3 is 15.8 Å². The van der Waals surface area contributed by atoms with E-state index < -0.39 is 0 Å². The highest BCUT2D eigenvalue weighted by Crippen LogP contribution is 2.16. The normalized spacial score (nSPS) is 11.5. The summed E-state index contributed by atoms with van der Waals surface area (Å²) >= 11 is 1.59. The Bertz CT molecular complexity index is 522. The second-order valence-electron chi connectivity index (χ2n) is 3.87. The molecule has 0 fully saturated rings. The molecule has 18 heavy (non-hydrogen) atoms. The zero-order valence-corrected chi connectivity index (χ0v) is 10.8. The Kier molecular flexibility index (Phi) is 3.78. The van der Waals surface area contributed by atoms with Crippen molar-refractivity contribution in [1.82, 2.24) is 4.98 Å². The van der Waals surface area contributed by atoms with Gasteiger partial charge in [-0.25, -0.2) is 4.98 Å². The van der Waals surface area contributed by atoms with Crippen molar-refractivity contribution < 1.29 is 5.21 Å². The number of rotatable bonds is 4. The number of hydrogen-bond donors (Lipinski definition) is 2. The summed E-state index contributed by atoms with van der Waals surface area (Å²) in [7, 11) is 2.00. The minimum absolute atomic E-state index is 0.115. The van der Waals surface area contributed by atoms with Crippen LogP contribution in [0, 0.1) is 0 Å². The van der Waals surface area contributed by atoms with Gasteiger partial charge in [-0.15, -0.1) is 11.3 Å². The van der Waals surface area contributed by atoms with Crippen molar-refractivity contribution in [3.8, 4) is 0 Å². The van der Waals surface area contributed by atoms with E-state index in [9.17, 15) is 0 Å². The molecule has 2 rings (SSSR count). The molecule has 0 unspecified atom stereocenters. The molecule has 3 N–H and O–H groups in total. The van der Waals surface area contributed by atoms with E-state index in [0.29, 0.717) is 5.56 Å². The molecule has 1 heterocycles. The number of amidine groups is 1. The van der Waals surface area contributed by atoms with Gasteiger partial charge in [0.15, 0.2) is 5.84 Å². The van der Waals surface area contributed by atoms with Crippen molar-refractivity contribution >= 4 is 22.9 Å². The van der Waals surface area contributed by atoms with E-state index in [0.717, 1.165) is 17.9 Å². The van der Waals surface area contributed by atoms with E-state index >= 15 is 0 Å². The lowest BCUT2D eigenvalue weighted by Gasteiger charge is -2.18. The van der Waals surface area contributed by atoms with Gasteiger partial charge >= 0.3 is 0 Å².